The minimum atomic E-state index is -0.387. The van der Waals surface area contributed by atoms with Crippen molar-refractivity contribution in [2.75, 3.05) is 0 Å². The van der Waals surface area contributed by atoms with Crippen molar-refractivity contribution in [3.05, 3.63) is 0 Å². The zero-order valence-electron chi connectivity index (χ0n) is 5.52. The average molecular weight is 126 g/mol. The highest BCUT2D eigenvalue weighted by atomic mass is 16.1. The molecule has 0 heterocycles. The summed E-state index contributed by atoms with van der Waals surface area (Å²) in [6, 6.07) is 0. The Morgan fingerprint density at radius 2 is 2.00 bits per heavy atom. The second kappa shape index (κ2) is 2.85. The molecule has 2 nitrogen and oxygen atoms in total. The summed E-state index contributed by atoms with van der Waals surface area (Å²) in [5.74, 6) is 0.164. The molecule has 1 saturated carbocycles. The fourth-order valence-electron chi connectivity index (χ4n) is 1.48. The molecule has 1 radical (unpaired) electrons. The summed E-state index contributed by atoms with van der Waals surface area (Å²) in [7, 11) is 0. The van der Waals surface area contributed by atoms with Crippen LogP contribution in [-0.4, -0.2) is 5.91 Å². The molecule has 1 rings (SSSR count). The van der Waals surface area contributed by atoms with E-state index in [1.807, 2.05) is 0 Å². The first-order chi connectivity index (χ1) is 4.29. The third-order valence-electron chi connectivity index (χ3n) is 1.95. The molecular weight excluding hydrogens is 114 g/mol. The summed E-state index contributed by atoms with van der Waals surface area (Å²) >= 11 is 0. The van der Waals surface area contributed by atoms with E-state index in [0.717, 1.165) is 0 Å². The van der Waals surface area contributed by atoms with Crippen molar-refractivity contribution in [2.45, 2.75) is 32.1 Å². The SMILES string of the molecule is [NH]C(=O)CC1CCCC1. The van der Waals surface area contributed by atoms with Gasteiger partial charge >= 0.3 is 0 Å². The van der Waals surface area contributed by atoms with Crippen LogP contribution < -0.4 is 5.73 Å². The van der Waals surface area contributed by atoms with Crippen LogP contribution in [0.1, 0.15) is 32.1 Å². The largest absolute Gasteiger partial charge is 0.273 e. The Labute approximate surface area is 55.4 Å². The van der Waals surface area contributed by atoms with Gasteiger partial charge in [-0.15, -0.1) is 0 Å². The highest BCUT2D eigenvalue weighted by molar-refractivity contribution is 5.73. The Balaban J connectivity index is 2.19. The van der Waals surface area contributed by atoms with Crippen LogP contribution in [0.25, 0.3) is 0 Å². The number of hydrogen-bond acceptors (Lipinski definition) is 1. The molecule has 51 valence electrons. The molecule has 1 fully saturated rings. The summed E-state index contributed by atoms with van der Waals surface area (Å²) in [6.07, 6.45) is 5.37. The van der Waals surface area contributed by atoms with E-state index in [9.17, 15) is 4.79 Å². The van der Waals surface area contributed by atoms with Crippen molar-refractivity contribution < 1.29 is 4.79 Å². The smallest absolute Gasteiger partial charge is 0.238 e. The van der Waals surface area contributed by atoms with Gasteiger partial charge in [-0.3, -0.25) is 10.5 Å². The number of hydrogen-bond donors (Lipinski definition) is 0. The number of carbonyl (C=O) groups excluding carboxylic acids is 1. The second-order valence-electron chi connectivity index (χ2n) is 2.78. The van der Waals surface area contributed by atoms with Crippen molar-refractivity contribution in [3.63, 3.8) is 0 Å². The summed E-state index contributed by atoms with van der Waals surface area (Å²) in [5.41, 5.74) is 6.70. The van der Waals surface area contributed by atoms with Gasteiger partial charge in [0.1, 0.15) is 0 Å². The number of rotatable bonds is 2. The monoisotopic (exact) mass is 126 g/mol. The van der Waals surface area contributed by atoms with E-state index in [2.05, 4.69) is 0 Å². The van der Waals surface area contributed by atoms with E-state index in [-0.39, 0.29) is 5.91 Å². The lowest BCUT2D eigenvalue weighted by Gasteiger charge is -2.01. The summed E-state index contributed by atoms with van der Waals surface area (Å²) in [5, 5.41) is 0. The van der Waals surface area contributed by atoms with Gasteiger partial charge in [0.05, 0.1) is 0 Å². The topological polar surface area (TPSA) is 40.9 Å². The van der Waals surface area contributed by atoms with Gasteiger partial charge in [-0.05, 0) is 18.8 Å². The maximum Gasteiger partial charge on any atom is 0.238 e. The molecule has 0 saturated heterocycles. The van der Waals surface area contributed by atoms with E-state index < -0.39 is 0 Å². The minimum absolute atomic E-state index is 0.387. The van der Waals surface area contributed by atoms with Gasteiger partial charge in [-0.2, -0.15) is 0 Å². The average Bonchev–Trinajstić information content (AvgIpc) is 2.15. The molecule has 0 bridgehead atoms. The number of carbonyl (C=O) groups is 1. The van der Waals surface area contributed by atoms with Crippen LogP contribution in [0.15, 0.2) is 0 Å². The van der Waals surface area contributed by atoms with Crippen LogP contribution in [0, 0.1) is 5.92 Å². The van der Waals surface area contributed by atoms with Crippen LogP contribution in [0.4, 0.5) is 0 Å². The van der Waals surface area contributed by atoms with E-state index in [1.54, 1.807) is 0 Å². The molecule has 1 aliphatic rings. The maximum atomic E-state index is 10.3. The van der Waals surface area contributed by atoms with Gasteiger partial charge in [0.15, 0.2) is 0 Å². The van der Waals surface area contributed by atoms with Crippen molar-refractivity contribution in [1.29, 1.82) is 0 Å². The first kappa shape index (κ1) is 6.59. The van der Waals surface area contributed by atoms with Crippen LogP contribution >= 0.6 is 0 Å². The highest BCUT2D eigenvalue weighted by Crippen LogP contribution is 2.26. The Morgan fingerprint density at radius 1 is 1.44 bits per heavy atom. The van der Waals surface area contributed by atoms with Crippen LogP contribution in [0.5, 0.6) is 0 Å². The lowest BCUT2D eigenvalue weighted by atomic mass is 10.0. The van der Waals surface area contributed by atoms with E-state index in [0.29, 0.717) is 12.3 Å². The van der Waals surface area contributed by atoms with E-state index in [4.69, 9.17) is 5.73 Å². The molecule has 1 aliphatic carbocycles. The van der Waals surface area contributed by atoms with Crippen molar-refractivity contribution in [2.24, 2.45) is 5.92 Å². The minimum Gasteiger partial charge on any atom is -0.273 e. The van der Waals surface area contributed by atoms with Gasteiger partial charge in [0.2, 0.25) is 5.91 Å². The molecule has 1 N–H and O–H groups in total. The normalized spacial score (nSPS) is 20.4. The first-order valence-corrected chi connectivity index (χ1v) is 3.53. The molecule has 0 aromatic heterocycles. The Bertz CT molecular complexity index is 105. The summed E-state index contributed by atoms with van der Waals surface area (Å²) in [4.78, 5) is 10.3. The zero-order chi connectivity index (χ0) is 6.69. The standard InChI is InChI=1S/C7H12NO/c8-7(9)5-6-3-1-2-4-6/h6,8H,1-5H2. The Hall–Kier alpha value is -0.530. The number of nitrogens with one attached hydrogen (secondary N) is 1. The van der Waals surface area contributed by atoms with Gasteiger partial charge in [-0.25, -0.2) is 0 Å². The van der Waals surface area contributed by atoms with Gasteiger partial charge < -0.3 is 0 Å². The van der Waals surface area contributed by atoms with E-state index >= 15 is 0 Å². The number of amides is 1. The molecule has 0 atom stereocenters. The highest BCUT2D eigenvalue weighted by Gasteiger charge is 2.16. The molecule has 2 heteroatoms. The van der Waals surface area contributed by atoms with Gasteiger partial charge in [-0.1, -0.05) is 12.8 Å². The molecular formula is C7H12NO. The fourth-order valence-corrected chi connectivity index (χ4v) is 1.48. The first-order valence-electron chi connectivity index (χ1n) is 3.53. The molecule has 9 heavy (non-hydrogen) atoms. The third kappa shape index (κ3) is 2.04. The van der Waals surface area contributed by atoms with Crippen molar-refractivity contribution >= 4 is 5.91 Å². The lowest BCUT2D eigenvalue weighted by Crippen LogP contribution is -2.04. The van der Waals surface area contributed by atoms with E-state index in [1.165, 1.54) is 25.7 Å². The van der Waals surface area contributed by atoms with Crippen molar-refractivity contribution in [3.8, 4) is 0 Å². The zero-order valence-corrected chi connectivity index (χ0v) is 5.52. The molecule has 0 spiro atoms. The fraction of sp³-hybridized carbons (Fsp3) is 0.857. The second-order valence-corrected chi connectivity index (χ2v) is 2.78. The molecule has 0 aliphatic heterocycles. The summed E-state index contributed by atoms with van der Waals surface area (Å²) < 4.78 is 0. The molecule has 0 aromatic carbocycles. The summed E-state index contributed by atoms with van der Waals surface area (Å²) in [6.45, 7) is 0. The Morgan fingerprint density at radius 3 is 2.44 bits per heavy atom. The maximum absolute atomic E-state index is 10.3. The van der Waals surface area contributed by atoms with Gasteiger partial charge in [0.25, 0.3) is 0 Å². The quantitative estimate of drug-likeness (QED) is 0.551. The molecule has 0 unspecified atom stereocenters. The molecule has 1 amide bonds. The van der Waals surface area contributed by atoms with Gasteiger partial charge in [0, 0.05) is 6.42 Å². The van der Waals surface area contributed by atoms with Crippen LogP contribution in [-0.2, 0) is 4.79 Å². The molecule has 0 aromatic rings. The predicted octanol–water partition coefficient (Wildman–Crippen LogP) is 1.38. The van der Waals surface area contributed by atoms with Crippen molar-refractivity contribution in [1.82, 2.24) is 5.73 Å². The predicted molar refractivity (Wildman–Crippen MR) is 34.7 cm³/mol. The van der Waals surface area contributed by atoms with Crippen LogP contribution in [0.2, 0.25) is 0 Å². The lowest BCUT2D eigenvalue weighted by molar-refractivity contribution is -0.119. The third-order valence-corrected chi connectivity index (χ3v) is 1.95. The Kier molecular flexibility index (Phi) is 2.09. The van der Waals surface area contributed by atoms with Crippen LogP contribution in [0.3, 0.4) is 0 Å².